The van der Waals surface area contributed by atoms with E-state index >= 15 is 0 Å². The maximum absolute atomic E-state index is 6.32. The second-order valence-corrected chi connectivity index (χ2v) is 8.42. The van der Waals surface area contributed by atoms with Gasteiger partial charge in [-0.1, -0.05) is 42.5 Å². The van der Waals surface area contributed by atoms with Crippen LogP contribution in [0.5, 0.6) is 5.75 Å². The van der Waals surface area contributed by atoms with E-state index in [0.29, 0.717) is 0 Å². The first-order valence-electron chi connectivity index (χ1n) is 9.30. The highest BCUT2D eigenvalue weighted by Gasteiger charge is 2.53. The maximum atomic E-state index is 6.32. The Bertz CT molecular complexity index is 992. The molecule has 0 spiro atoms. The minimum absolute atomic E-state index is 0.0310. The highest BCUT2D eigenvalue weighted by atomic mass is 16.7. The molecule has 2 unspecified atom stereocenters. The fourth-order valence-corrected chi connectivity index (χ4v) is 4.08. The first-order chi connectivity index (χ1) is 12.4. The molecule has 0 aromatic heterocycles. The predicted octanol–water partition coefficient (Wildman–Crippen LogP) is 2.11. The molecule has 0 bridgehead atoms. The van der Waals surface area contributed by atoms with E-state index in [2.05, 4.69) is 76.2 Å². The number of rotatable bonds is 1. The molecule has 1 fully saturated rings. The van der Waals surface area contributed by atoms with Gasteiger partial charge in [-0.3, -0.25) is 0 Å². The Morgan fingerprint density at radius 2 is 1.46 bits per heavy atom. The zero-order chi connectivity index (χ0) is 18.1. The van der Waals surface area contributed by atoms with Crippen molar-refractivity contribution in [1.29, 1.82) is 0 Å². The third-order valence-electron chi connectivity index (χ3n) is 6.26. The van der Waals surface area contributed by atoms with Crippen molar-refractivity contribution in [3.63, 3.8) is 0 Å². The van der Waals surface area contributed by atoms with Gasteiger partial charge in [0.25, 0.3) is 0 Å². The lowest BCUT2D eigenvalue weighted by atomic mass is 9.72. The van der Waals surface area contributed by atoms with Crippen molar-refractivity contribution in [2.75, 3.05) is 0 Å². The topological polar surface area (TPSA) is 27.7 Å². The molecule has 2 aliphatic heterocycles. The van der Waals surface area contributed by atoms with Crippen molar-refractivity contribution in [3.8, 4) is 5.75 Å². The van der Waals surface area contributed by atoms with Crippen LogP contribution < -0.4 is 20.6 Å². The largest absolute Gasteiger partial charge is 0.495 e. The monoisotopic (exact) mass is 346 g/mol. The number of benzene rings is 2. The molecule has 3 nitrogen and oxygen atoms in total. The number of ether oxygens (including phenoxy) is 1. The van der Waals surface area contributed by atoms with E-state index < -0.39 is 0 Å². The Morgan fingerprint density at radius 1 is 0.808 bits per heavy atom. The summed E-state index contributed by atoms with van der Waals surface area (Å²) < 4.78 is 18.9. The van der Waals surface area contributed by atoms with Crippen LogP contribution in [-0.2, 0) is 9.31 Å². The van der Waals surface area contributed by atoms with Crippen LogP contribution in [0.1, 0.15) is 39.2 Å². The number of fused-ring (bicyclic) bond motifs is 4. The maximum Gasteiger partial charge on any atom is 0.495 e. The van der Waals surface area contributed by atoms with Gasteiger partial charge in [0.2, 0.25) is 0 Å². The second kappa shape index (κ2) is 5.24. The third kappa shape index (κ3) is 2.22. The molecule has 2 heterocycles. The molecule has 0 radical (unpaired) electrons. The molecule has 2 aromatic rings. The Morgan fingerprint density at radius 3 is 2.15 bits per heavy atom. The summed E-state index contributed by atoms with van der Waals surface area (Å²) in [5, 5.41) is 2.49. The first-order valence-corrected chi connectivity index (χ1v) is 9.30. The van der Waals surface area contributed by atoms with Crippen LogP contribution in [0.3, 0.4) is 0 Å². The van der Waals surface area contributed by atoms with Gasteiger partial charge in [0.05, 0.1) is 11.2 Å². The quantitative estimate of drug-likeness (QED) is 0.741. The molecule has 2 aromatic carbocycles. The average Bonchev–Trinajstić information content (AvgIpc) is 3.06. The van der Waals surface area contributed by atoms with Gasteiger partial charge in [-0.15, -0.1) is 0 Å². The summed E-state index contributed by atoms with van der Waals surface area (Å²) >= 11 is 0. The van der Waals surface area contributed by atoms with Gasteiger partial charge in [-0.2, -0.15) is 0 Å². The minimum Gasteiger partial charge on any atom is -0.485 e. The van der Waals surface area contributed by atoms with Crippen molar-refractivity contribution in [3.05, 3.63) is 58.5 Å². The number of hydrogen-bond donors (Lipinski definition) is 0. The molecule has 4 heteroatoms. The molecule has 26 heavy (non-hydrogen) atoms. The fourth-order valence-electron chi connectivity index (χ4n) is 4.08. The van der Waals surface area contributed by atoms with E-state index in [0.717, 1.165) is 11.2 Å². The van der Waals surface area contributed by atoms with Crippen molar-refractivity contribution >= 4 is 24.7 Å². The van der Waals surface area contributed by atoms with E-state index in [1.807, 2.05) is 6.07 Å². The van der Waals surface area contributed by atoms with Crippen molar-refractivity contribution in [2.24, 2.45) is 0 Å². The summed E-state index contributed by atoms with van der Waals surface area (Å²) in [6, 6.07) is 14.7. The smallest absolute Gasteiger partial charge is 0.485 e. The van der Waals surface area contributed by atoms with Crippen LogP contribution in [0, 0.1) is 0 Å². The van der Waals surface area contributed by atoms with E-state index in [1.54, 1.807) is 0 Å². The summed E-state index contributed by atoms with van der Waals surface area (Å²) in [5.41, 5.74) is 1.57. The Balaban J connectivity index is 1.62. The summed E-state index contributed by atoms with van der Waals surface area (Å²) in [7, 11) is -0.372. The molecule has 0 amide bonds. The Kier molecular flexibility index (Phi) is 3.26. The lowest BCUT2D eigenvalue weighted by Gasteiger charge is -2.32. The molecule has 3 aliphatic rings. The summed E-state index contributed by atoms with van der Waals surface area (Å²) in [5.74, 6) is 1.13. The summed E-state index contributed by atoms with van der Waals surface area (Å²) in [6.45, 7) is 8.36. The highest BCUT2D eigenvalue weighted by Crippen LogP contribution is 2.42. The zero-order valence-electron chi connectivity index (χ0n) is 15.7. The van der Waals surface area contributed by atoms with Crippen LogP contribution >= 0.6 is 0 Å². The SMILES string of the molecule is CC1(C)OB(c2cccc3c2C2C=c4ccccc4=CC2O3)OC1(C)C. The molecule has 0 N–H and O–H groups in total. The van der Waals surface area contributed by atoms with E-state index in [4.69, 9.17) is 14.0 Å². The van der Waals surface area contributed by atoms with Crippen LogP contribution in [0.25, 0.3) is 12.2 Å². The minimum atomic E-state index is -0.372. The zero-order valence-corrected chi connectivity index (χ0v) is 15.7. The normalized spacial score (nSPS) is 26.8. The van der Waals surface area contributed by atoms with Crippen LogP contribution in [0.15, 0.2) is 42.5 Å². The second-order valence-electron chi connectivity index (χ2n) is 8.42. The molecular weight excluding hydrogens is 323 g/mol. The Labute approximate surface area is 154 Å². The van der Waals surface area contributed by atoms with Gasteiger partial charge in [0.15, 0.2) is 0 Å². The van der Waals surface area contributed by atoms with Gasteiger partial charge in [0.1, 0.15) is 11.9 Å². The predicted molar refractivity (Wildman–Crippen MR) is 104 cm³/mol. The van der Waals surface area contributed by atoms with Gasteiger partial charge in [-0.05, 0) is 55.7 Å². The first kappa shape index (κ1) is 16.2. The Hall–Kier alpha value is -2.04. The van der Waals surface area contributed by atoms with Gasteiger partial charge >= 0.3 is 7.12 Å². The fraction of sp³-hybridized carbons (Fsp3) is 0.364. The lowest BCUT2D eigenvalue weighted by molar-refractivity contribution is 0.00578. The van der Waals surface area contributed by atoms with Crippen LogP contribution in [0.4, 0.5) is 0 Å². The summed E-state index contributed by atoms with van der Waals surface area (Å²) in [4.78, 5) is 0. The molecule has 0 saturated carbocycles. The standard InChI is InChI=1S/C22H23BO3/c1-21(2)22(3,4)26-23(25-21)17-10-7-11-18-20(17)16-12-14-8-5-6-9-15(14)13-19(16)24-18/h5-13,16,19H,1-4H3. The van der Waals surface area contributed by atoms with Crippen molar-refractivity contribution in [1.82, 2.24) is 0 Å². The lowest BCUT2D eigenvalue weighted by Crippen LogP contribution is -2.41. The van der Waals surface area contributed by atoms with E-state index in [-0.39, 0.29) is 30.3 Å². The molecular formula is C22H23BO3. The summed E-state index contributed by atoms with van der Waals surface area (Å²) in [6.07, 6.45) is 4.58. The van der Waals surface area contributed by atoms with Crippen LogP contribution in [0.2, 0.25) is 0 Å². The average molecular weight is 346 g/mol. The van der Waals surface area contributed by atoms with Gasteiger partial charge < -0.3 is 14.0 Å². The molecule has 5 rings (SSSR count). The molecule has 2 atom stereocenters. The van der Waals surface area contributed by atoms with Crippen LogP contribution in [-0.4, -0.2) is 24.4 Å². The highest BCUT2D eigenvalue weighted by molar-refractivity contribution is 6.62. The van der Waals surface area contributed by atoms with E-state index in [9.17, 15) is 0 Å². The van der Waals surface area contributed by atoms with Crippen molar-refractivity contribution < 1.29 is 14.0 Å². The third-order valence-corrected chi connectivity index (χ3v) is 6.26. The molecule has 1 saturated heterocycles. The number of hydrogen-bond acceptors (Lipinski definition) is 3. The van der Waals surface area contributed by atoms with Gasteiger partial charge in [-0.25, -0.2) is 0 Å². The van der Waals surface area contributed by atoms with Gasteiger partial charge in [0, 0.05) is 11.5 Å². The molecule has 132 valence electrons. The van der Waals surface area contributed by atoms with Crippen molar-refractivity contribution in [2.45, 2.75) is 50.9 Å². The molecule has 1 aliphatic carbocycles. The van der Waals surface area contributed by atoms with E-state index in [1.165, 1.54) is 16.0 Å².